The molecule has 4 nitrogen and oxygen atoms in total. The van der Waals surface area contributed by atoms with Crippen molar-refractivity contribution in [2.45, 2.75) is 0 Å². The maximum absolute atomic E-state index is 13.6. The Morgan fingerprint density at radius 2 is 2.12 bits per heavy atom. The lowest BCUT2D eigenvalue weighted by Crippen LogP contribution is -2.15. The lowest BCUT2D eigenvalue weighted by Gasteiger charge is -2.03. The number of H-pyrrole nitrogens is 1. The van der Waals surface area contributed by atoms with Gasteiger partial charge in [0.05, 0.1) is 12.5 Å². The summed E-state index contributed by atoms with van der Waals surface area (Å²) in [6.07, 6.45) is 0. The van der Waals surface area contributed by atoms with Crippen molar-refractivity contribution < 1.29 is 13.9 Å². The highest BCUT2D eigenvalue weighted by molar-refractivity contribution is 9.10. The van der Waals surface area contributed by atoms with Gasteiger partial charge in [-0.15, -0.1) is 0 Å². The first-order chi connectivity index (χ1) is 8.02. The molecule has 1 N–H and O–H groups in total. The van der Waals surface area contributed by atoms with Crippen LogP contribution in [0.15, 0.2) is 27.5 Å². The summed E-state index contributed by atoms with van der Waals surface area (Å²) in [5.74, 6) is -1.32. The third-order valence-electron chi connectivity index (χ3n) is 2.27. The second kappa shape index (κ2) is 4.29. The molecule has 6 heteroatoms. The van der Waals surface area contributed by atoms with Crippen molar-refractivity contribution in [2.24, 2.45) is 0 Å². The molecule has 1 heterocycles. The zero-order valence-electron chi connectivity index (χ0n) is 8.71. The van der Waals surface area contributed by atoms with E-state index in [9.17, 15) is 14.0 Å². The summed E-state index contributed by atoms with van der Waals surface area (Å²) in [7, 11) is 1.20. The molecule has 1 aromatic carbocycles. The molecule has 0 aliphatic rings. The van der Waals surface area contributed by atoms with E-state index in [4.69, 9.17) is 0 Å². The maximum atomic E-state index is 13.6. The lowest BCUT2D eigenvalue weighted by molar-refractivity contribution is 0.0594. The molecule has 0 saturated heterocycles. The van der Waals surface area contributed by atoms with Gasteiger partial charge in [-0.3, -0.25) is 4.79 Å². The van der Waals surface area contributed by atoms with Gasteiger partial charge in [0, 0.05) is 4.47 Å². The molecule has 0 spiro atoms. The molecule has 0 unspecified atom stereocenters. The highest BCUT2D eigenvalue weighted by atomic mass is 79.9. The van der Waals surface area contributed by atoms with Crippen LogP contribution in [0.5, 0.6) is 0 Å². The van der Waals surface area contributed by atoms with Crippen molar-refractivity contribution in [2.75, 3.05) is 7.11 Å². The average Bonchev–Trinajstić information content (AvgIpc) is 2.26. The predicted molar refractivity (Wildman–Crippen MR) is 63.6 cm³/mol. The number of aromatic nitrogens is 1. The Kier molecular flexibility index (Phi) is 2.97. The smallest absolute Gasteiger partial charge is 0.354 e. The third-order valence-corrected chi connectivity index (χ3v) is 2.72. The SMILES string of the molecule is COC(=O)c1cc2cc(Br)cc(F)c2c(=O)[nH]1. The van der Waals surface area contributed by atoms with Gasteiger partial charge in [0.1, 0.15) is 11.5 Å². The van der Waals surface area contributed by atoms with Crippen molar-refractivity contribution in [3.8, 4) is 0 Å². The Hall–Kier alpha value is -1.69. The van der Waals surface area contributed by atoms with E-state index in [1.165, 1.54) is 19.2 Å². The summed E-state index contributed by atoms with van der Waals surface area (Å²) in [4.78, 5) is 25.2. The molecule has 2 aromatic rings. The van der Waals surface area contributed by atoms with Crippen molar-refractivity contribution >= 4 is 32.7 Å². The van der Waals surface area contributed by atoms with E-state index in [0.29, 0.717) is 9.86 Å². The number of pyridine rings is 1. The number of aromatic amines is 1. The van der Waals surface area contributed by atoms with E-state index in [1.54, 1.807) is 6.07 Å². The molecule has 0 radical (unpaired) electrons. The van der Waals surface area contributed by atoms with Crippen LogP contribution < -0.4 is 5.56 Å². The van der Waals surface area contributed by atoms with E-state index in [-0.39, 0.29) is 11.1 Å². The topological polar surface area (TPSA) is 59.2 Å². The van der Waals surface area contributed by atoms with Crippen LogP contribution in [0.25, 0.3) is 10.8 Å². The Labute approximate surface area is 104 Å². The summed E-state index contributed by atoms with van der Waals surface area (Å²) in [5.41, 5.74) is -0.671. The van der Waals surface area contributed by atoms with Gasteiger partial charge in [0.25, 0.3) is 5.56 Å². The van der Waals surface area contributed by atoms with E-state index in [0.717, 1.165) is 0 Å². The van der Waals surface area contributed by atoms with Crippen LogP contribution in [-0.2, 0) is 4.74 Å². The Bertz CT molecular complexity index is 666. The normalized spacial score (nSPS) is 10.5. The van der Waals surface area contributed by atoms with Gasteiger partial charge >= 0.3 is 5.97 Å². The molecule has 0 aliphatic heterocycles. The molecule has 88 valence electrons. The molecule has 0 aliphatic carbocycles. The van der Waals surface area contributed by atoms with Crippen molar-refractivity contribution in [1.82, 2.24) is 4.98 Å². The molecule has 0 saturated carbocycles. The van der Waals surface area contributed by atoms with E-state index in [2.05, 4.69) is 25.7 Å². The van der Waals surface area contributed by atoms with Gasteiger partial charge in [-0.2, -0.15) is 0 Å². The molecular formula is C11H7BrFNO3. The zero-order valence-corrected chi connectivity index (χ0v) is 10.3. The second-order valence-corrected chi connectivity index (χ2v) is 4.27. The number of hydrogen-bond acceptors (Lipinski definition) is 3. The van der Waals surface area contributed by atoms with Crippen molar-refractivity contribution in [3.63, 3.8) is 0 Å². The largest absolute Gasteiger partial charge is 0.464 e. The van der Waals surface area contributed by atoms with Crippen LogP contribution in [0.1, 0.15) is 10.5 Å². The predicted octanol–water partition coefficient (Wildman–Crippen LogP) is 2.22. The lowest BCUT2D eigenvalue weighted by atomic mass is 10.1. The van der Waals surface area contributed by atoms with Crippen LogP contribution in [0.3, 0.4) is 0 Å². The Morgan fingerprint density at radius 1 is 1.41 bits per heavy atom. The van der Waals surface area contributed by atoms with E-state index < -0.39 is 17.3 Å². The van der Waals surface area contributed by atoms with Gasteiger partial charge in [-0.25, -0.2) is 9.18 Å². The number of rotatable bonds is 1. The van der Waals surface area contributed by atoms with Crippen LogP contribution >= 0.6 is 15.9 Å². The number of halogens is 2. The maximum Gasteiger partial charge on any atom is 0.354 e. The summed E-state index contributed by atoms with van der Waals surface area (Å²) in [5, 5.41) is 0.252. The highest BCUT2D eigenvalue weighted by Gasteiger charge is 2.12. The molecule has 0 bridgehead atoms. The molecule has 17 heavy (non-hydrogen) atoms. The molecular weight excluding hydrogens is 293 g/mol. The molecule has 0 amide bonds. The summed E-state index contributed by atoms with van der Waals surface area (Å²) >= 11 is 3.12. The van der Waals surface area contributed by atoms with Crippen LogP contribution in [0, 0.1) is 5.82 Å². The van der Waals surface area contributed by atoms with Crippen molar-refractivity contribution in [1.29, 1.82) is 0 Å². The summed E-state index contributed by atoms with van der Waals surface area (Å²) < 4.78 is 18.5. The summed E-state index contributed by atoms with van der Waals surface area (Å²) in [6.45, 7) is 0. The van der Waals surface area contributed by atoms with Crippen LogP contribution in [-0.4, -0.2) is 18.1 Å². The van der Waals surface area contributed by atoms with Crippen LogP contribution in [0.4, 0.5) is 4.39 Å². The number of hydrogen-bond donors (Lipinski definition) is 1. The standard InChI is InChI=1S/C11H7BrFNO3/c1-17-11(16)8-3-5-2-6(12)4-7(13)9(5)10(15)14-8/h2-4H,1H3,(H,14,15). The monoisotopic (exact) mass is 299 g/mol. The fourth-order valence-electron chi connectivity index (χ4n) is 1.54. The van der Waals surface area contributed by atoms with Gasteiger partial charge < -0.3 is 9.72 Å². The quantitative estimate of drug-likeness (QED) is 0.822. The fourth-order valence-corrected chi connectivity index (χ4v) is 1.99. The minimum atomic E-state index is -0.676. The third kappa shape index (κ3) is 2.08. The number of benzene rings is 1. The Morgan fingerprint density at radius 3 is 2.76 bits per heavy atom. The minimum Gasteiger partial charge on any atom is -0.464 e. The van der Waals surface area contributed by atoms with Gasteiger partial charge in [-0.1, -0.05) is 15.9 Å². The van der Waals surface area contributed by atoms with Crippen molar-refractivity contribution in [3.05, 3.63) is 44.5 Å². The number of nitrogens with one attached hydrogen (secondary N) is 1. The fraction of sp³-hybridized carbons (Fsp3) is 0.0909. The average molecular weight is 300 g/mol. The van der Waals surface area contributed by atoms with Gasteiger partial charge in [0.15, 0.2) is 0 Å². The first kappa shape index (κ1) is 11.8. The van der Waals surface area contributed by atoms with Gasteiger partial charge in [0.2, 0.25) is 0 Å². The van der Waals surface area contributed by atoms with Gasteiger partial charge in [-0.05, 0) is 23.6 Å². The number of esters is 1. The number of carbonyl (C=O) groups is 1. The molecule has 2 rings (SSSR count). The number of ether oxygens (including phenoxy) is 1. The zero-order chi connectivity index (χ0) is 12.6. The van der Waals surface area contributed by atoms with Crippen LogP contribution in [0.2, 0.25) is 0 Å². The number of carbonyl (C=O) groups excluding carboxylic acids is 1. The first-order valence-electron chi connectivity index (χ1n) is 4.63. The van der Waals surface area contributed by atoms with E-state index >= 15 is 0 Å². The molecule has 0 fully saturated rings. The Balaban J connectivity index is 2.82. The number of methoxy groups -OCH3 is 1. The summed E-state index contributed by atoms with van der Waals surface area (Å²) in [6, 6.07) is 4.12. The number of fused-ring (bicyclic) bond motifs is 1. The second-order valence-electron chi connectivity index (χ2n) is 3.36. The first-order valence-corrected chi connectivity index (χ1v) is 5.42. The highest BCUT2D eigenvalue weighted by Crippen LogP contribution is 2.21. The molecule has 1 aromatic heterocycles. The van der Waals surface area contributed by atoms with E-state index in [1.807, 2.05) is 0 Å². The minimum absolute atomic E-state index is 0.0116. The molecule has 0 atom stereocenters.